The number of hydrogen-bond donors (Lipinski definition) is 3. The van der Waals surface area contributed by atoms with E-state index >= 15 is 0 Å². The summed E-state index contributed by atoms with van der Waals surface area (Å²) in [6.07, 6.45) is 1.02. The summed E-state index contributed by atoms with van der Waals surface area (Å²) in [7, 11) is -2.24. The lowest BCUT2D eigenvalue weighted by Gasteiger charge is -2.26. The van der Waals surface area contributed by atoms with Crippen molar-refractivity contribution in [3.8, 4) is 0 Å². The number of sulfonamides is 1. The van der Waals surface area contributed by atoms with Crippen molar-refractivity contribution in [2.75, 3.05) is 17.1 Å². The summed E-state index contributed by atoms with van der Waals surface area (Å²) in [6, 6.07) is 28.5. The molecule has 250 valence electrons. The Balaban J connectivity index is 1.60. The van der Waals surface area contributed by atoms with Crippen molar-refractivity contribution in [3.05, 3.63) is 131 Å². The summed E-state index contributed by atoms with van der Waals surface area (Å²) in [4.78, 5) is 13.9. The number of halogens is 2. The van der Waals surface area contributed by atoms with Crippen molar-refractivity contribution < 1.29 is 27.1 Å². The van der Waals surface area contributed by atoms with Crippen LogP contribution in [0.25, 0.3) is 0 Å². The van der Waals surface area contributed by atoms with E-state index in [9.17, 15) is 27.1 Å². The molecular formula is C36H42F2N3O4PS. The summed E-state index contributed by atoms with van der Waals surface area (Å²) in [5, 5.41) is 17.4. The molecule has 0 bridgehead atoms. The molecular weight excluding hydrogens is 639 g/mol. The van der Waals surface area contributed by atoms with E-state index < -0.39 is 33.7 Å². The van der Waals surface area contributed by atoms with Crippen LogP contribution in [0.4, 0.5) is 20.2 Å². The highest BCUT2D eigenvalue weighted by molar-refractivity contribution is 7.92. The van der Waals surface area contributed by atoms with Gasteiger partial charge in [0, 0.05) is 24.2 Å². The second kappa shape index (κ2) is 15.9. The molecule has 4 aromatic rings. The minimum absolute atomic E-state index is 0.0772. The topological polar surface area (TPSA) is 98.7 Å². The highest BCUT2D eigenvalue weighted by atomic mass is 32.2. The minimum Gasteiger partial charge on any atom is -0.390 e. The lowest BCUT2D eigenvalue weighted by molar-refractivity contribution is 0.0830. The molecule has 0 saturated heterocycles. The zero-order chi connectivity index (χ0) is 34.2. The molecule has 0 aliphatic carbocycles. The number of para-hydroxylation sites is 1. The van der Waals surface area contributed by atoms with Crippen molar-refractivity contribution >= 4 is 36.5 Å². The number of benzene rings is 4. The molecule has 0 aliphatic heterocycles. The predicted molar refractivity (Wildman–Crippen MR) is 188 cm³/mol. The Kier molecular flexibility index (Phi) is 12.3. The number of amides is 1. The smallest absolute Gasteiger partial charge is 0.283 e. The van der Waals surface area contributed by atoms with E-state index in [-0.39, 0.29) is 30.1 Å². The number of nitrogens with one attached hydrogen (secondary N) is 2. The Morgan fingerprint density at radius 3 is 2.11 bits per heavy atom. The van der Waals surface area contributed by atoms with Gasteiger partial charge in [-0.15, -0.1) is 0 Å². The number of alkyl halides is 2. The molecule has 11 heteroatoms. The zero-order valence-corrected chi connectivity index (χ0v) is 28.7. The van der Waals surface area contributed by atoms with Crippen molar-refractivity contribution in [1.82, 2.24) is 10.6 Å². The number of hydrogen-bond acceptors (Lipinski definition) is 5. The highest BCUT2D eigenvalue weighted by Crippen LogP contribution is 2.35. The van der Waals surface area contributed by atoms with Gasteiger partial charge in [-0.2, -0.15) is 8.78 Å². The van der Waals surface area contributed by atoms with E-state index in [1.807, 2.05) is 44.2 Å². The maximum Gasteiger partial charge on any atom is 0.283 e. The molecule has 0 spiro atoms. The van der Waals surface area contributed by atoms with Gasteiger partial charge in [0.15, 0.2) is 0 Å². The first-order chi connectivity index (χ1) is 22.2. The van der Waals surface area contributed by atoms with Gasteiger partial charge in [0.2, 0.25) is 10.0 Å². The zero-order valence-electron chi connectivity index (χ0n) is 26.7. The largest absolute Gasteiger partial charge is 0.390 e. The van der Waals surface area contributed by atoms with Gasteiger partial charge < -0.3 is 15.7 Å². The van der Waals surface area contributed by atoms with Crippen LogP contribution in [-0.2, 0) is 35.1 Å². The molecule has 4 rings (SSSR count). The summed E-state index contributed by atoms with van der Waals surface area (Å²) < 4.78 is 54.9. The van der Waals surface area contributed by atoms with Crippen molar-refractivity contribution in [2.24, 2.45) is 5.92 Å². The van der Waals surface area contributed by atoms with Gasteiger partial charge in [-0.1, -0.05) is 89.8 Å². The Hall–Kier alpha value is -3.69. The molecule has 0 fully saturated rings. The summed E-state index contributed by atoms with van der Waals surface area (Å²) >= 11 is 0. The minimum atomic E-state index is -3.77. The van der Waals surface area contributed by atoms with Crippen LogP contribution in [0.5, 0.6) is 0 Å². The highest BCUT2D eigenvalue weighted by Gasteiger charge is 2.26. The SMILES string of the molecule is CC(C)Cc1cc(C(=O)NC(Cc2ccccc2)C(O)CNCc2cccc(C(F)(F)P)c2)cc(N(c2ccccc2)S(C)(=O)=O)c1. The van der Waals surface area contributed by atoms with Crippen LogP contribution in [0.1, 0.15) is 46.5 Å². The standard InChI is InChI=1S/C36H42F2N3O4PS/c1-25(2)17-28-18-29(22-32(20-28)41(47(3,44)45)31-15-8-5-9-16-31)35(43)40-33(21-26-11-6-4-7-12-26)34(42)24-39-23-27-13-10-14-30(19-27)36(37,38)46/h4-16,18-20,22,25,33-34,39,42H,17,21,23-24,46H2,1-3H3,(H,40,43). The fourth-order valence-corrected chi connectivity index (χ4v) is 6.58. The average Bonchev–Trinajstić information content (AvgIpc) is 3.00. The van der Waals surface area contributed by atoms with E-state index in [1.165, 1.54) is 25.7 Å². The summed E-state index contributed by atoms with van der Waals surface area (Å²) in [5.41, 5.74) is 0.186. The fraction of sp³-hybridized carbons (Fsp3) is 0.306. The van der Waals surface area contributed by atoms with E-state index in [4.69, 9.17) is 0 Å². The molecule has 3 N–H and O–H groups in total. The molecule has 7 nitrogen and oxygen atoms in total. The van der Waals surface area contributed by atoms with Gasteiger partial charge in [0.25, 0.3) is 11.6 Å². The number of aliphatic hydroxyl groups is 1. The Labute approximate surface area is 278 Å². The van der Waals surface area contributed by atoms with Crippen molar-refractivity contribution in [3.63, 3.8) is 0 Å². The number of carbonyl (C=O) groups is 1. The first-order valence-electron chi connectivity index (χ1n) is 15.4. The fourth-order valence-electron chi connectivity index (χ4n) is 5.41. The van der Waals surface area contributed by atoms with Crippen LogP contribution in [-0.4, -0.2) is 44.4 Å². The van der Waals surface area contributed by atoms with Crippen LogP contribution in [0, 0.1) is 5.92 Å². The van der Waals surface area contributed by atoms with Gasteiger partial charge in [-0.05, 0) is 71.8 Å². The summed E-state index contributed by atoms with van der Waals surface area (Å²) in [6.45, 7) is 4.40. The number of nitrogens with zero attached hydrogens (tertiary/aromatic N) is 1. The number of aliphatic hydroxyl groups excluding tert-OH is 1. The van der Waals surface area contributed by atoms with Crippen LogP contribution in [0.15, 0.2) is 103 Å². The number of anilines is 2. The maximum absolute atomic E-state index is 13.9. The van der Waals surface area contributed by atoms with Crippen LogP contribution in [0.2, 0.25) is 0 Å². The Morgan fingerprint density at radius 2 is 1.49 bits per heavy atom. The first-order valence-corrected chi connectivity index (χ1v) is 17.8. The molecule has 47 heavy (non-hydrogen) atoms. The van der Waals surface area contributed by atoms with Crippen LogP contribution in [0.3, 0.4) is 0 Å². The molecule has 3 unspecified atom stereocenters. The lowest BCUT2D eigenvalue weighted by atomic mass is 9.98. The third kappa shape index (κ3) is 10.7. The molecule has 0 aromatic heterocycles. The number of rotatable bonds is 15. The van der Waals surface area contributed by atoms with E-state index in [0.29, 0.717) is 29.8 Å². The van der Waals surface area contributed by atoms with Gasteiger partial charge in [0.1, 0.15) is 0 Å². The predicted octanol–water partition coefficient (Wildman–Crippen LogP) is 6.40. The van der Waals surface area contributed by atoms with Crippen LogP contribution < -0.4 is 14.9 Å². The van der Waals surface area contributed by atoms with E-state index in [1.54, 1.807) is 60.7 Å². The Bertz CT molecular complexity index is 1740. The molecule has 0 aliphatic rings. The summed E-state index contributed by atoms with van der Waals surface area (Å²) in [5.74, 6) is -0.222. The molecule has 0 heterocycles. The maximum atomic E-state index is 13.9. The quantitative estimate of drug-likeness (QED) is 0.126. The second-order valence-electron chi connectivity index (χ2n) is 12.1. The Morgan fingerprint density at radius 1 is 0.851 bits per heavy atom. The number of carbonyl (C=O) groups excluding carboxylic acids is 1. The van der Waals surface area contributed by atoms with Crippen LogP contribution >= 0.6 is 9.24 Å². The van der Waals surface area contributed by atoms with Gasteiger partial charge in [-0.3, -0.25) is 4.79 Å². The van der Waals surface area contributed by atoms with Crippen molar-refractivity contribution in [2.45, 2.75) is 51.0 Å². The monoisotopic (exact) mass is 681 g/mol. The molecule has 0 saturated carbocycles. The first kappa shape index (κ1) is 36.2. The van der Waals surface area contributed by atoms with Crippen molar-refractivity contribution in [1.29, 1.82) is 0 Å². The normalized spacial score (nSPS) is 13.3. The average molecular weight is 682 g/mol. The lowest BCUT2D eigenvalue weighted by Crippen LogP contribution is -2.48. The molecule has 4 aromatic carbocycles. The van der Waals surface area contributed by atoms with E-state index in [0.717, 1.165) is 17.4 Å². The van der Waals surface area contributed by atoms with Gasteiger partial charge in [-0.25, -0.2) is 12.7 Å². The molecule has 0 radical (unpaired) electrons. The molecule has 3 atom stereocenters. The molecule has 1 amide bonds. The third-order valence-electron chi connectivity index (χ3n) is 7.51. The van der Waals surface area contributed by atoms with Gasteiger partial charge in [0.05, 0.1) is 29.8 Å². The third-order valence-corrected chi connectivity index (χ3v) is 8.93. The van der Waals surface area contributed by atoms with E-state index in [2.05, 4.69) is 10.6 Å². The second-order valence-corrected chi connectivity index (χ2v) is 14.7. The van der Waals surface area contributed by atoms with Gasteiger partial charge >= 0.3 is 0 Å².